The number of tetrazole rings is 1. The molecule has 0 saturated heterocycles. The third-order valence-corrected chi connectivity index (χ3v) is 3.33. The number of nitrogens with zero attached hydrogens (tertiary/aromatic N) is 4. The molecule has 2 aromatic carbocycles. The molecule has 0 radical (unpaired) electrons. The molecule has 6 nitrogen and oxygen atoms in total. The highest BCUT2D eigenvalue weighted by Crippen LogP contribution is 2.18. The maximum absolute atomic E-state index is 12.8. The lowest BCUT2D eigenvalue weighted by Crippen LogP contribution is -2.07. The van der Waals surface area contributed by atoms with Crippen molar-refractivity contribution in [3.05, 3.63) is 66.0 Å². The van der Waals surface area contributed by atoms with Crippen LogP contribution >= 0.6 is 0 Å². The second-order valence-corrected chi connectivity index (χ2v) is 5.08. The standard InChI is InChI=1S/C17H14FN5O/c1-23-17(20-21-22-23)13-5-9-15(10-6-13)19-16(24)11-4-12-2-7-14(18)8-3-12/h2-11H,1H3,(H,19,24)/b11-4+. The minimum Gasteiger partial charge on any atom is -0.323 e. The molecule has 0 saturated carbocycles. The summed E-state index contributed by atoms with van der Waals surface area (Å²) in [5, 5.41) is 14.0. The zero-order chi connectivity index (χ0) is 16.9. The average Bonchev–Trinajstić information content (AvgIpc) is 3.01. The van der Waals surface area contributed by atoms with Gasteiger partial charge in [-0.3, -0.25) is 4.79 Å². The molecular weight excluding hydrogens is 309 g/mol. The lowest BCUT2D eigenvalue weighted by molar-refractivity contribution is -0.111. The molecule has 1 N–H and O–H groups in total. The Kier molecular flexibility index (Phi) is 4.42. The number of aromatic nitrogens is 4. The molecule has 1 amide bonds. The van der Waals surface area contributed by atoms with Crippen LogP contribution in [0.2, 0.25) is 0 Å². The van der Waals surface area contributed by atoms with E-state index in [9.17, 15) is 9.18 Å². The lowest BCUT2D eigenvalue weighted by Gasteiger charge is -2.04. The van der Waals surface area contributed by atoms with Crippen LogP contribution in [0.15, 0.2) is 54.6 Å². The van der Waals surface area contributed by atoms with Crippen molar-refractivity contribution < 1.29 is 9.18 Å². The molecule has 0 fully saturated rings. The number of hydrogen-bond donors (Lipinski definition) is 1. The van der Waals surface area contributed by atoms with E-state index < -0.39 is 0 Å². The molecule has 0 aliphatic carbocycles. The number of rotatable bonds is 4. The van der Waals surface area contributed by atoms with Gasteiger partial charge in [-0.15, -0.1) is 5.10 Å². The Hall–Kier alpha value is -3.35. The fourth-order valence-electron chi connectivity index (χ4n) is 2.11. The van der Waals surface area contributed by atoms with Crippen molar-refractivity contribution in [1.29, 1.82) is 0 Å². The number of carbonyl (C=O) groups is 1. The monoisotopic (exact) mass is 323 g/mol. The summed E-state index contributed by atoms with van der Waals surface area (Å²) in [6.45, 7) is 0. The predicted molar refractivity (Wildman–Crippen MR) is 88.3 cm³/mol. The summed E-state index contributed by atoms with van der Waals surface area (Å²) in [5.74, 6) is 0.0614. The topological polar surface area (TPSA) is 72.7 Å². The Morgan fingerprint density at radius 3 is 2.46 bits per heavy atom. The van der Waals surface area contributed by atoms with E-state index in [0.29, 0.717) is 11.5 Å². The fraction of sp³-hybridized carbons (Fsp3) is 0.0588. The average molecular weight is 323 g/mol. The van der Waals surface area contributed by atoms with Crippen molar-refractivity contribution in [2.24, 2.45) is 7.05 Å². The first-order valence-corrected chi connectivity index (χ1v) is 7.19. The number of amides is 1. The Morgan fingerprint density at radius 1 is 1.12 bits per heavy atom. The zero-order valence-electron chi connectivity index (χ0n) is 12.8. The van der Waals surface area contributed by atoms with Crippen molar-refractivity contribution in [2.75, 3.05) is 5.32 Å². The molecule has 0 unspecified atom stereocenters. The maximum atomic E-state index is 12.8. The van der Waals surface area contributed by atoms with Gasteiger partial charge in [0.2, 0.25) is 5.91 Å². The summed E-state index contributed by atoms with van der Waals surface area (Å²) in [5.41, 5.74) is 2.25. The van der Waals surface area contributed by atoms with Gasteiger partial charge in [-0.2, -0.15) is 0 Å². The second kappa shape index (κ2) is 6.82. The van der Waals surface area contributed by atoms with Crippen molar-refractivity contribution in [3.63, 3.8) is 0 Å². The highest BCUT2D eigenvalue weighted by molar-refractivity contribution is 6.02. The number of aryl methyl sites for hydroxylation is 1. The minimum atomic E-state index is -0.310. The van der Waals surface area contributed by atoms with Gasteiger partial charge in [-0.25, -0.2) is 9.07 Å². The van der Waals surface area contributed by atoms with Crippen molar-refractivity contribution in [2.45, 2.75) is 0 Å². The van der Waals surface area contributed by atoms with Gasteiger partial charge in [0.25, 0.3) is 0 Å². The largest absolute Gasteiger partial charge is 0.323 e. The number of anilines is 1. The molecule has 0 aliphatic rings. The first kappa shape index (κ1) is 15.5. The van der Waals surface area contributed by atoms with Crippen LogP contribution in [0.1, 0.15) is 5.56 Å². The van der Waals surface area contributed by atoms with E-state index in [-0.39, 0.29) is 11.7 Å². The van der Waals surface area contributed by atoms with Gasteiger partial charge < -0.3 is 5.32 Å². The van der Waals surface area contributed by atoms with E-state index >= 15 is 0 Å². The fourth-order valence-corrected chi connectivity index (χ4v) is 2.11. The van der Waals surface area contributed by atoms with Crippen LogP contribution in [0.4, 0.5) is 10.1 Å². The van der Waals surface area contributed by atoms with Crippen LogP contribution in [0.5, 0.6) is 0 Å². The van der Waals surface area contributed by atoms with Gasteiger partial charge in [0.1, 0.15) is 5.82 Å². The molecule has 0 atom stereocenters. The second-order valence-electron chi connectivity index (χ2n) is 5.08. The SMILES string of the molecule is Cn1nnnc1-c1ccc(NC(=O)/C=C/c2ccc(F)cc2)cc1. The van der Waals surface area contributed by atoms with Gasteiger partial charge in [0.05, 0.1) is 0 Å². The molecule has 3 rings (SSSR count). The normalized spacial score (nSPS) is 10.9. The highest BCUT2D eigenvalue weighted by atomic mass is 19.1. The number of halogens is 1. The van der Waals surface area contributed by atoms with Crippen molar-refractivity contribution in [3.8, 4) is 11.4 Å². The molecule has 24 heavy (non-hydrogen) atoms. The van der Waals surface area contributed by atoms with Crippen LogP contribution in [0.3, 0.4) is 0 Å². The van der Waals surface area contributed by atoms with E-state index in [2.05, 4.69) is 20.8 Å². The van der Waals surface area contributed by atoms with Crippen LogP contribution in [-0.4, -0.2) is 26.1 Å². The van der Waals surface area contributed by atoms with E-state index in [1.807, 2.05) is 12.1 Å². The van der Waals surface area contributed by atoms with Gasteiger partial charge in [-0.1, -0.05) is 12.1 Å². The Balaban J connectivity index is 1.64. The molecule has 1 aromatic heterocycles. The minimum absolute atomic E-state index is 0.271. The summed E-state index contributed by atoms with van der Waals surface area (Å²) >= 11 is 0. The highest BCUT2D eigenvalue weighted by Gasteiger charge is 2.05. The van der Waals surface area contributed by atoms with Crippen LogP contribution < -0.4 is 5.32 Å². The number of hydrogen-bond acceptors (Lipinski definition) is 4. The summed E-state index contributed by atoms with van der Waals surface area (Å²) in [6, 6.07) is 13.1. The zero-order valence-corrected chi connectivity index (χ0v) is 12.8. The molecular formula is C17H14FN5O. The Morgan fingerprint density at radius 2 is 1.83 bits per heavy atom. The number of nitrogens with one attached hydrogen (secondary N) is 1. The molecule has 0 spiro atoms. The lowest BCUT2D eigenvalue weighted by atomic mass is 10.2. The van der Waals surface area contributed by atoms with Crippen molar-refractivity contribution in [1.82, 2.24) is 20.2 Å². The van der Waals surface area contributed by atoms with Crippen molar-refractivity contribution >= 4 is 17.7 Å². The maximum Gasteiger partial charge on any atom is 0.248 e. The molecule has 0 aliphatic heterocycles. The first-order valence-electron chi connectivity index (χ1n) is 7.19. The Labute approximate surface area is 137 Å². The third-order valence-electron chi connectivity index (χ3n) is 3.33. The van der Waals surface area contributed by atoms with Gasteiger partial charge in [0.15, 0.2) is 5.82 Å². The first-order chi connectivity index (χ1) is 11.6. The Bertz CT molecular complexity index is 869. The number of benzene rings is 2. The smallest absolute Gasteiger partial charge is 0.248 e. The summed E-state index contributed by atoms with van der Waals surface area (Å²) in [7, 11) is 1.76. The van der Waals surface area contributed by atoms with Gasteiger partial charge in [0, 0.05) is 24.4 Å². The van der Waals surface area contributed by atoms with Crippen LogP contribution in [0, 0.1) is 5.82 Å². The van der Waals surface area contributed by atoms with Crippen LogP contribution in [0.25, 0.3) is 17.5 Å². The van der Waals surface area contributed by atoms with E-state index in [0.717, 1.165) is 11.1 Å². The number of carbonyl (C=O) groups excluding carboxylic acids is 1. The van der Waals surface area contributed by atoms with E-state index in [4.69, 9.17) is 0 Å². The summed E-state index contributed by atoms with van der Waals surface area (Å²) in [6.07, 6.45) is 3.02. The van der Waals surface area contributed by atoms with E-state index in [1.165, 1.54) is 18.2 Å². The predicted octanol–water partition coefficient (Wildman–Crippen LogP) is 2.67. The van der Waals surface area contributed by atoms with Gasteiger partial charge >= 0.3 is 0 Å². The van der Waals surface area contributed by atoms with Gasteiger partial charge in [-0.05, 0) is 58.5 Å². The molecule has 0 bridgehead atoms. The molecule has 3 aromatic rings. The third kappa shape index (κ3) is 3.70. The molecule has 7 heteroatoms. The quantitative estimate of drug-likeness (QED) is 0.749. The van der Waals surface area contributed by atoms with Crippen LogP contribution in [-0.2, 0) is 11.8 Å². The van der Waals surface area contributed by atoms with E-state index in [1.54, 1.807) is 42.1 Å². The molecule has 120 valence electrons. The molecule has 1 heterocycles. The summed E-state index contributed by atoms with van der Waals surface area (Å²) in [4.78, 5) is 11.9. The summed E-state index contributed by atoms with van der Waals surface area (Å²) < 4.78 is 14.4.